The van der Waals surface area contributed by atoms with Gasteiger partial charge in [-0.3, -0.25) is 4.79 Å². The van der Waals surface area contributed by atoms with E-state index in [0.29, 0.717) is 18.2 Å². The predicted molar refractivity (Wildman–Crippen MR) is 76.4 cm³/mol. The molecule has 0 radical (unpaired) electrons. The quantitative estimate of drug-likeness (QED) is 0.802. The van der Waals surface area contributed by atoms with Crippen LogP contribution in [0.5, 0.6) is 11.5 Å². The van der Waals surface area contributed by atoms with Crippen molar-refractivity contribution in [2.75, 3.05) is 20.8 Å². The van der Waals surface area contributed by atoms with Crippen molar-refractivity contribution in [1.82, 2.24) is 5.32 Å². The van der Waals surface area contributed by atoms with Gasteiger partial charge in [-0.1, -0.05) is 13.8 Å². The molecule has 0 saturated heterocycles. The summed E-state index contributed by atoms with van der Waals surface area (Å²) in [5.74, 6) is 1.73. The smallest absolute Gasteiger partial charge is 0.244 e. The molecule has 0 aromatic heterocycles. The van der Waals surface area contributed by atoms with Gasteiger partial charge in [0, 0.05) is 24.3 Å². The maximum absolute atomic E-state index is 11.6. The highest BCUT2D eigenvalue weighted by atomic mass is 16.5. The van der Waals surface area contributed by atoms with Crippen molar-refractivity contribution in [3.8, 4) is 11.5 Å². The lowest BCUT2D eigenvalue weighted by Crippen LogP contribution is -2.25. The molecule has 0 spiro atoms. The van der Waals surface area contributed by atoms with E-state index in [1.165, 1.54) is 6.08 Å². The fourth-order valence-electron chi connectivity index (χ4n) is 1.49. The summed E-state index contributed by atoms with van der Waals surface area (Å²) in [5, 5.41) is 2.82. The summed E-state index contributed by atoms with van der Waals surface area (Å²) in [5.41, 5.74) is 0.836. The van der Waals surface area contributed by atoms with Crippen molar-refractivity contribution in [3.63, 3.8) is 0 Å². The summed E-state index contributed by atoms with van der Waals surface area (Å²) in [6, 6.07) is 5.46. The van der Waals surface area contributed by atoms with Gasteiger partial charge in [0.15, 0.2) is 0 Å². The normalized spacial score (nSPS) is 10.8. The van der Waals surface area contributed by atoms with Gasteiger partial charge < -0.3 is 14.8 Å². The van der Waals surface area contributed by atoms with Crippen molar-refractivity contribution >= 4 is 12.0 Å². The summed E-state index contributed by atoms with van der Waals surface area (Å²) in [6.45, 7) is 4.77. The molecule has 4 nitrogen and oxygen atoms in total. The molecular formula is C15H21NO3. The van der Waals surface area contributed by atoms with E-state index in [1.807, 2.05) is 12.1 Å². The van der Waals surface area contributed by atoms with Crippen LogP contribution >= 0.6 is 0 Å². The lowest BCUT2D eigenvalue weighted by atomic mass is 10.1. The minimum absolute atomic E-state index is 0.105. The topological polar surface area (TPSA) is 47.6 Å². The first-order chi connectivity index (χ1) is 9.06. The molecule has 4 heteroatoms. The van der Waals surface area contributed by atoms with Gasteiger partial charge in [0.05, 0.1) is 14.2 Å². The van der Waals surface area contributed by atoms with Crippen molar-refractivity contribution in [2.45, 2.75) is 13.8 Å². The molecule has 0 aliphatic carbocycles. The molecule has 1 amide bonds. The van der Waals surface area contributed by atoms with Crippen LogP contribution in [-0.2, 0) is 4.79 Å². The zero-order valence-corrected chi connectivity index (χ0v) is 11.9. The fraction of sp³-hybridized carbons (Fsp3) is 0.400. The summed E-state index contributed by atoms with van der Waals surface area (Å²) in [4.78, 5) is 11.6. The molecule has 0 unspecified atom stereocenters. The van der Waals surface area contributed by atoms with Crippen LogP contribution in [-0.4, -0.2) is 26.7 Å². The van der Waals surface area contributed by atoms with Gasteiger partial charge in [-0.25, -0.2) is 0 Å². The maximum atomic E-state index is 11.6. The Kier molecular flexibility index (Phi) is 5.93. The molecule has 0 atom stereocenters. The maximum Gasteiger partial charge on any atom is 0.244 e. The zero-order valence-electron chi connectivity index (χ0n) is 11.9. The number of nitrogens with one attached hydrogen (secondary N) is 1. The Labute approximate surface area is 114 Å². The third-order valence-corrected chi connectivity index (χ3v) is 2.54. The lowest BCUT2D eigenvalue weighted by Gasteiger charge is -2.07. The number of carbonyl (C=O) groups is 1. The molecule has 1 aromatic carbocycles. The minimum atomic E-state index is -0.105. The van der Waals surface area contributed by atoms with Crippen molar-refractivity contribution in [1.29, 1.82) is 0 Å². The second-order valence-corrected chi connectivity index (χ2v) is 4.58. The molecule has 1 N–H and O–H groups in total. The van der Waals surface area contributed by atoms with Crippen LogP contribution in [0.4, 0.5) is 0 Å². The molecule has 1 rings (SSSR count). The van der Waals surface area contributed by atoms with Gasteiger partial charge in [0.2, 0.25) is 5.91 Å². The molecule has 104 valence electrons. The van der Waals surface area contributed by atoms with E-state index in [4.69, 9.17) is 9.47 Å². The number of carbonyl (C=O) groups excluding carboxylic acids is 1. The van der Waals surface area contributed by atoms with Gasteiger partial charge in [-0.2, -0.15) is 0 Å². The molecule has 0 fully saturated rings. The van der Waals surface area contributed by atoms with Crippen molar-refractivity contribution < 1.29 is 14.3 Å². The van der Waals surface area contributed by atoms with Crippen LogP contribution in [0.1, 0.15) is 19.4 Å². The van der Waals surface area contributed by atoms with E-state index in [1.54, 1.807) is 26.4 Å². The Balaban J connectivity index is 2.73. The number of rotatable bonds is 6. The standard InChI is InChI=1S/C15H21NO3/c1-11(2)10-16-15(17)8-6-12-5-7-13(18-3)9-14(12)19-4/h5-9,11H,10H2,1-4H3,(H,16,17). The van der Waals surface area contributed by atoms with Gasteiger partial charge in [-0.05, 0) is 24.1 Å². The number of ether oxygens (including phenoxy) is 2. The Hall–Kier alpha value is -1.97. The Morgan fingerprint density at radius 2 is 2.05 bits per heavy atom. The zero-order chi connectivity index (χ0) is 14.3. The first-order valence-corrected chi connectivity index (χ1v) is 6.24. The number of hydrogen-bond donors (Lipinski definition) is 1. The molecule has 0 bridgehead atoms. The first-order valence-electron chi connectivity index (χ1n) is 6.24. The van der Waals surface area contributed by atoms with E-state index in [0.717, 1.165) is 11.3 Å². The number of benzene rings is 1. The van der Waals surface area contributed by atoms with Crippen LogP contribution < -0.4 is 14.8 Å². The third kappa shape index (κ3) is 5.04. The van der Waals surface area contributed by atoms with Crippen molar-refractivity contribution in [3.05, 3.63) is 29.8 Å². The van der Waals surface area contributed by atoms with E-state index in [9.17, 15) is 4.79 Å². The molecule has 19 heavy (non-hydrogen) atoms. The number of methoxy groups -OCH3 is 2. The average molecular weight is 263 g/mol. The number of hydrogen-bond acceptors (Lipinski definition) is 3. The second-order valence-electron chi connectivity index (χ2n) is 4.58. The molecule has 0 saturated carbocycles. The highest BCUT2D eigenvalue weighted by Gasteiger charge is 2.03. The predicted octanol–water partition coefficient (Wildman–Crippen LogP) is 2.49. The summed E-state index contributed by atoms with van der Waals surface area (Å²) < 4.78 is 10.4. The Morgan fingerprint density at radius 1 is 1.32 bits per heavy atom. The van der Waals surface area contributed by atoms with Gasteiger partial charge in [0.25, 0.3) is 0 Å². The minimum Gasteiger partial charge on any atom is -0.497 e. The van der Waals surface area contributed by atoms with Crippen LogP contribution in [0.15, 0.2) is 24.3 Å². The Bertz CT molecular complexity index is 453. The van der Waals surface area contributed by atoms with Gasteiger partial charge in [0.1, 0.15) is 11.5 Å². The number of amides is 1. The summed E-state index contributed by atoms with van der Waals surface area (Å²) in [6.07, 6.45) is 3.24. The van der Waals surface area contributed by atoms with E-state index >= 15 is 0 Å². The van der Waals surface area contributed by atoms with Crippen molar-refractivity contribution in [2.24, 2.45) is 5.92 Å². The molecule has 0 aliphatic rings. The second kappa shape index (κ2) is 7.46. The van der Waals surface area contributed by atoms with E-state index < -0.39 is 0 Å². The average Bonchev–Trinajstić information content (AvgIpc) is 2.42. The fourth-order valence-corrected chi connectivity index (χ4v) is 1.49. The van der Waals surface area contributed by atoms with Crippen LogP contribution in [0.25, 0.3) is 6.08 Å². The van der Waals surface area contributed by atoms with Gasteiger partial charge >= 0.3 is 0 Å². The highest BCUT2D eigenvalue weighted by Crippen LogP contribution is 2.25. The third-order valence-electron chi connectivity index (χ3n) is 2.54. The van der Waals surface area contributed by atoms with E-state index in [2.05, 4.69) is 19.2 Å². The SMILES string of the molecule is COc1ccc(C=CC(=O)NCC(C)C)c(OC)c1. The molecular weight excluding hydrogens is 242 g/mol. The van der Waals surface area contributed by atoms with Crippen LogP contribution in [0.3, 0.4) is 0 Å². The lowest BCUT2D eigenvalue weighted by molar-refractivity contribution is -0.116. The summed E-state index contributed by atoms with van der Waals surface area (Å²) >= 11 is 0. The summed E-state index contributed by atoms with van der Waals surface area (Å²) in [7, 11) is 3.19. The monoisotopic (exact) mass is 263 g/mol. The van der Waals surface area contributed by atoms with Gasteiger partial charge in [-0.15, -0.1) is 0 Å². The molecule has 0 heterocycles. The Morgan fingerprint density at radius 3 is 2.63 bits per heavy atom. The van der Waals surface area contributed by atoms with E-state index in [-0.39, 0.29) is 5.91 Å². The highest BCUT2D eigenvalue weighted by molar-refractivity contribution is 5.92. The van der Waals surface area contributed by atoms with Crippen LogP contribution in [0.2, 0.25) is 0 Å². The largest absolute Gasteiger partial charge is 0.497 e. The first kappa shape index (κ1) is 15.1. The molecule has 0 aliphatic heterocycles. The molecule has 1 aromatic rings. The van der Waals surface area contributed by atoms with Crippen LogP contribution in [0, 0.1) is 5.92 Å².